The molecule has 2 heterocycles. The van der Waals surface area contributed by atoms with E-state index >= 15 is 0 Å². The summed E-state index contributed by atoms with van der Waals surface area (Å²) in [6.45, 7) is 5.41. The Morgan fingerprint density at radius 2 is 1.80 bits per heavy atom. The minimum atomic E-state index is -0.0674. The highest BCUT2D eigenvalue weighted by Crippen LogP contribution is 2.21. The summed E-state index contributed by atoms with van der Waals surface area (Å²) in [6.07, 6.45) is 7.51. The van der Waals surface area contributed by atoms with Crippen LogP contribution in [0.2, 0.25) is 0 Å². The number of piperidine rings is 2. The third kappa shape index (κ3) is 5.48. The van der Waals surface area contributed by atoms with Crippen LogP contribution in [-0.4, -0.2) is 55.1 Å². The van der Waals surface area contributed by atoms with E-state index in [1.807, 2.05) is 4.90 Å². The van der Waals surface area contributed by atoms with Crippen LogP contribution in [0.4, 0.5) is 4.79 Å². The van der Waals surface area contributed by atoms with Gasteiger partial charge in [0.25, 0.3) is 0 Å². The Hall–Kier alpha value is -1.01. The number of amides is 3. The molecule has 3 fully saturated rings. The van der Waals surface area contributed by atoms with Crippen LogP contribution in [0.3, 0.4) is 0 Å². The van der Waals surface area contributed by atoms with Gasteiger partial charge in [-0.2, -0.15) is 0 Å². The summed E-state index contributed by atoms with van der Waals surface area (Å²) in [5.74, 6) is 0.566. The SMILES string of the molecule is CC1CCNCC1NC(=O)C1CCCN(C(=O)NC2CCCC2)C1.Cl. The van der Waals surface area contributed by atoms with Crippen molar-refractivity contribution in [3.63, 3.8) is 0 Å². The summed E-state index contributed by atoms with van der Waals surface area (Å²) in [5.41, 5.74) is 0. The molecule has 3 atom stereocenters. The van der Waals surface area contributed by atoms with E-state index < -0.39 is 0 Å². The molecule has 0 radical (unpaired) electrons. The zero-order valence-corrected chi connectivity index (χ0v) is 16.1. The first-order chi connectivity index (χ1) is 11.6. The Morgan fingerprint density at radius 3 is 2.52 bits per heavy atom. The van der Waals surface area contributed by atoms with Crippen molar-refractivity contribution in [1.29, 1.82) is 0 Å². The lowest BCUT2D eigenvalue weighted by atomic mass is 9.92. The number of rotatable bonds is 3. The van der Waals surface area contributed by atoms with E-state index in [1.54, 1.807) is 0 Å². The molecular formula is C18H33ClN4O2. The van der Waals surface area contributed by atoms with Gasteiger partial charge in [-0.05, 0) is 44.6 Å². The average Bonchev–Trinajstić information content (AvgIpc) is 3.10. The quantitative estimate of drug-likeness (QED) is 0.708. The first kappa shape index (κ1) is 20.3. The van der Waals surface area contributed by atoms with E-state index in [0.717, 1.165) is 51.7 Å². The third-order valence-corrected chi connectivity index (χ3v) is 5.92. The fraction of sp³-hybridized carbons (Fsp3) is 0.889. The predicted molar refractivity (Wildman–Crippen MR) is 101 cm³/mol. The van der Waals surface area contributed by atoms with Gasteiger partial charge in [0.15, 0.2) is 0 Å². The van der Waals surface area contributed by atoms with Crippen molar-refractivity contribution in [2.45, 2.75) is 64.0 Å². The van der Waals surface area contributed by atoms with Crippen molar-refractivity contribution in [1.82, 2.24) is 20.9 Å². The maximum Gasteiger partial charge on any atom is 0.317 e. The van der Waals surface area contributed by atoms with Crippen molar-refractivity contribution in [3.8, 4) is 0 Å². The van der Waals surface area contributed by atoms with Gasteiger partial charge in [0.05, 0.1) is 5.92 Å². The minimum absolute atomic E-state index is 0. The van der Waals surface area contributed by atoms with Gasteiger partial charge in [-0.15, -0.1) is 12.4 Å². The molecule has 25 heavy (non-hydrogen) atoms. The molecule has 0 aromatic rings. The highest BCUT2D eigenvalue weighted by atomic mass is 35.5. The van der Waals surface area contributed by atoms with Crippen LogP contribution in [0.5, 0.6) is 0 Å². The maximum absolute atomic E-state index is 12.6. The van der Waals surface area contributed by atoms with Gasteiger partial charge in [0.2, 0.25) is 5.91 Å². The van der Waals surface area contributed by atoms with Crippen LogP contribution in [0.15, 0.2) is 0 Å². The van der Waals surface area contributed by atoms with Gasteiger partial charge in [0.1, 0.15) is 0 Å². The van der Waals surface area contributed by atoms with Gasteiger partial charge < -0.3 is 20.9 Å². The van der Waals surface area contributed by atoms with Crippen molar-refractivity contribution >= 4 is 24.3 Å². The Balaban J connectivity index is 0.00000225. The zero-order valence-electron chi connectivity index (χ0n) is 15.3. The third-order valence-electron chi connectivity index (χ3n) is 5.92. The second kappa shape index (κ2) is 9.62. The Morgan fingerprint density at radius 1 is 1.04 bits per heavy atom. The molecule has 1 saturated carbocycles. The number of urea groups is 1. The molecule has 3 aliphatic rings. The van der Waals surface area contributed by atoms with Crippen molar-refractivity contribution in [2.75, 3.05) is 26.2 Å². The van der Waals surface area contributed by atoms with Gasteiger partial charge in [-0.1, -0.05) is 19.8 Å². The number of halogens is 1. The average molecular weight is 373 g/mol. The van der Waals surface area contributed by atoms with Gasteiger partial charge >= 0.3 is 6.03 Å². The molecule has 0 spiro atoms. The molecule has 7 heteroatoms. The van der Waals surface area contributed by atoms with Crippen LogP contribution in [0.25, 0.3) is 0 Å². The Bertz CT molecular complexity index is 456. The summed E-state index contributed by atoms with van der Waals surface area (Å²) >= 11 is 0. The number of nitrogens with one attached hydrogen (secondary N) is 3. The number of likely N-dealkylation sites (tertiary alicyclic amines) is 1. The molecular weight excluding hydrogens is 340 g/mol. The van der Waals surface area contributed by atoms with Crippen LogP contribution < -0.4 is 16.0 Å². The van der Waals surface area contributed by atoms with Crippen molar-refractivity contribution in [3.05, 3.63) is 0 Å². The van der Waals surface area contributed by atoms with Crippen LogP contribution >= 0.6 is 12.4 Å². The summed E-state index contributed by atoms with van der Waals surface area (Å²) in [6, 6.07) is 0.571. The topological polar surface area (TPSA) is 73.5 Å². The van der Waals surface area contributed by atoms with Gasteiger partial charge in [-0.25, -0.2) is 4.79 Å². The van der Waals surface area contributed by atoms with E-state index in [9.17, 15) is 9.59 Å². The molecule has 3 amide bonds. The van der Waals surface area contributed by atoms with Gasteiger partial charge in [-0.3, -0.25) is 4.79 Å². The Kier molecular flexibility index (Phi) is 7.81. The van der Waals surface area contributed by atoms with E-state index in [1.165, 1.54) is 12.8 Å². The number of hydrogen-bond acceptors (Lipinski definition) is 3. The summed E-state index contributed by atoms with van der Waals surface area (Å²) in [5, 5.41) is 9.70. The highest BCUT2D eigenvalue weighted by molar-refractivity contribution is 5.85. The lowest BCUT2D eigenvalue weighted by molar-refractivity contribution is -0.127. The lowest BCUT2D eigenvalue weighted by Gasteiger charge is -2.35. The van der Waals surface area contributed by atoms with Crippen molar-refractivity contribution in [2.24, 2.45) is 11.8 Å². The van der Waals surface area contributed by atoms with Crippen molar-refractivity contribution < 1.29 is 9.59 Å². The molecule has 0 aromatic heterocycles. The molecule has 2 aliphatic heterocycles. The standard InChI is InChI=1S/C18H32N4O2.ClH/c1-13-8-9-19-11-16(13)21-17(23)14-5-4-10-22(12-14)18(24)20-15-6-2-3-7-15;/h13-16,19H,2-12H2,1H3,(H,20,24)(H,21,23);1H. The van der Waals surface area contributed by atoms with Crippen LogP contribution in [0, 0.1) is 11.8 Å². The molecule has 3 unspecified atom stereocenters. The van der Waals surface area contributed by atoms with E-state index in [0.29, 0.717) is 18.5 Å². The van der Waals surface area contributed by atoms with E-state index in [-0.39, 0.29) is 36.3 Å². The number of carbonyl (C=O) groups is 2. The summed E-state index contributed by atoms with van der Waals surface area (Å²) in [4.78, 5) is 26.9. The molecule has 0 aromatic carbocycles. The fourth-order valence-electron chi connectivity index (χ4n) is 4.20. The lowest BCUT2D eigenvalue weighted by Crippen LogP contribution is -2.55. The summed E-state index contributed by atoms with van der Waals surface area (Å²) < 4.78 is 0. The molecule has 1 aliphatic carbocycles. The zero-order chi connectivity index (χ0) is 16.9. The van der Waals surface area contributed by atoms with Crippen LogP contribution in [0.1, 0.15) is 51.9 Å². The van der Waals surface area contributed by atoms with E-state index in [2.05, 4.69) is 22.9 Å². The largest absolute Gasteiger partial charge is 0.352 e. The molecule has 3 N–H and O–H groups in total. The first-order valence-electron chi connectivity index (χ1n) is 9.70. The minimum Gasteiger partial charge on any atom is -0.352 e. The maximum atomic E-state index is 12.6. The normalized spacial score (nSPS) is 30.4. The smallest absolute Gasteiger partial charge is 0.317 e. The van der Waals surface area contributed by atoms with Crippen LogP contribution in [-0.2, 0) is 4.79 Å². The Labute approximate surface area is 157 Å². The number of nitrogens with zero attached hydrogens (tertiary/aromatic N) is 1. The fourth-order valence-corrected chi connectivity index (χ4v) is 4.20. The highest BCUT2D eigenvalue weighted by Gasteiger charge is 2.32. The second-order valence-corrected chi connectivity index (χ2v) is 7.80. The molecule has 0 bridgehead atoms. The monoisotopic (exact) mass is 372 g/mol. The summed E-state index contributed by atoms with van der Waals surface area (Å²) in [7, 11) is 0. The first-order valence-corrected chi connectivity index (χ1v) is 9.70. The predicted octanol–water partition coefficient (Wildman–Crippen LogP) is 1.89. The van der Waals surface area contributed by atoms with Gasteiger partial charge in [0, 0.05) is 31.7 Å². The molecule has 2 saturated heterocycles. The van der Waals surface area contributed by atoms with E-state index in [4.69, 9.17) is 0 Å². The number of hydrogen-bond donors (Lipinski definition) is 3. The molecule has 3 rings (SSSR count). The molecule has 6 nitrogen and oxygen atoms in total. The number of carbonyl (C=O) groups excluding carboxylic acids is 2. The molecule has 144 valence electrons. The second-order valence-electron chi connectivity index (χ2n) is 7.80.